The zero-order valence-electron chi connectivity index (χ0n) is 16.7. The van der Waals surface area contributed by atoms with Crippen molar-refractivity contribution in [1.29, 1.82) is 0 Å². The Bertz CT molecular complexity index is 1090. The van der Waals surface area contributed by atoms with Crippen LogP contribution in [0.3, 0.4) is 0 Å². The minimum Gasteiger partial charge on any atom is -0.368 e. The summed E-state index contributed by atoms with van der Waals surface area (Å²) in [5, 5.41) is 11.1. The average molecular weight is 427 g/mol. The number of nitrogens with two attached hydrogens (primary N) is 1. The number of para-hydroxylation sites is 1. The van der Waals surface area contributed by atoms with Gasteiger partial charge in [0.1, 0.15) is 11.6 Å². The van der Waals surface area contributed by atoms with Crippen molar-refractivity contribution in [3.63, 3.8) is 0 Å². The Labute approximate surface area is 178 Å². The van der Waals surface area contributed by atoms with Gasteiger partial charge in [-0.05, 0) is 32.4 Å². The van der Waals surface area contributed by atoms with Crippen LogP contribution in [-0.2, 0) is 4.79 Å². The number of halogens is 1. The third-order valence-corrected chi connectivity index (χ3v) is 5.31. The molecule has 1 fully saturated rings. The van der Waals surface area contributed by atoms with Crippen LogP contribution in [0.5, 0.6) is 0 Å². The number of aromatic nitrogens is 4. The Kier molecular flexibility index (Phi) is 5.54. The van der Waals surface area contributed by atoms with Crippen molar-refractivity contribution in [1.82, 2.24) is 25.3 Å². The van der Waals surface area contributed by atoms with E-state index in [9.17, 15) is 4.79 Å². The van der Waals surface area contributed by atoms with E-state index in [0.29, 0.717) is 41.1 Å². The zero-order valence-corrected chi connectivity index (χ0v) is 17.5. The average Bonchev–Trinajstić information content (AvgIpc) is 3.10. The second-order valence-electron chi connectivity index (χ2n) is 7.35. The van der Waals surface area contributed by atoms with Crippen molar-refractivity contribution in [2.45, 2.75) is 38.8 Å². The Hall–Kier alpha value is -3.20. The first kappa shape index (κ1) is 20.1. The smallest absolute Gasteiger partial charge is 0.228 e. The van der Waals surface area contributed by atoms with Crippen LogP contribution in [0.2, 0.25) is 5.02 Å². The molecule has 0 spiro atoms. The van der Waals surface area contributed by atoms with Crippen molar-refractivity contribution >= 4 is 46.1 Å². The molecule has 1 aliphatic heterocycles. The van der Waals surface area contributed by atoms with Gasteiger partial charge >= 0.3 is 0 Å². The Morgan fingerprint density at radius 1 is 1.30 bits per heavy atom. The van der Waals surface area contributed by atoms with Crippen LogP contribution in [0, 0.1) is 6.92 Å². The van der Waals surface area contributed by atoms with Gasteiger partial charge in [-0.25, -0.2) is 4.98 Å². The molecule has 3 aromatic rings. The summed E-state index contributed by atoms with van der Waals surface area (Å²) in [6.07, 6.45) is 1.35. The summed E-state index contributed by atoms with van der Waals surface area (Å²) in [5.74, 6) is 1.87. The summed E-state index contributed by atoms with van der Waals surface area (Å²) in [4.78, 5) is 28.7. The largest absolute Gasteiger partial charge is 0.368 e. The van der Waals surface area contributed by atoms with Gasteiger partial charge in [-0.2, -0.15) is 15.0 Å². The van der Waals surface area contributed by atoms with Crippen LogP contribution in [0.4, 0.5) is 17.7 Å². The molecular weight excluding hydrogens is 404 g/mol. The van der Waals surface area contributed by atoms with Gasteiger partial charge in [-0.3, -0.25) is 4.79 Å². The number of anilines is 3. The van der Waals surface area contributed by atoms with Gasteiger partial charge in [0.15, 0.2) is 0 Å². The number of nitrogens with zero attached hydrogens (tertiary/aromatic N) is 4. The van der Waals surface area contributed by atoms with Crippen molar-refractivity contribution in [2.24, 2.45) is 0 Å². The lowest BCUT2D eigenvalue weighted by molar-refractivity contribution is -0.119. The molecule has 1 amide bonds. The first-order valence-corrected chi connectivity index (χ1v) is 10.1. The van der Waals surface area contributed by atoms with E-state index in [4.69, 9.17) is 22.3 Å². The first-order chi connectivity index (χ1) is 14.4. The van der Waals surface area contributed by atoms with Crippen LogP contribution < -0.4 is 21.7 Å². The number of carbonyl (C=O) groups excluding carboxylic acids is 1. The summed E-state index contributed by atoms with van der Waals surface area (Å²) in [6, 6.07) is 7.61. The second kappa shape index (κ2) is 8.27. The van der Waals surface area contributed by atoms with Crippen molar-refractivity contribution in [3.05, 3.63) is 40.7 Å². The number of hydrogen-bond donors (Lipinski definition) is 4. The molecule has 1 saturated heterocycles. The number of benzene rings is 1. The van der Waals surface area contributed by atoms with E-state index in [-0.39, 0.29) is 23.9 Å². The molecule has 0 saturated carbocycles. The lowest BCUT2D eigenvalue weighted by Crippen LogP contribution is -2.32. The van der Waals surface area contributed by atoms with Crippen LogP contribution >= 0.6 is 11.6 Å². The molecular formula is C20H23ClN8O. The maximum absolute atomic E-state index is 11.5. The van der Waals surface area contributed by atoms with E-state index in [0.717, 1.165) is 17.4 Å². The molecule has 4 rings (SSSR count). The number of hydrogen-bond acceptors (Lipinski definition) is 8. The fourth-order valence-electron chi connectivity index (χ4n) is 3.54. The molecule has 0 unspecified atom stereocenters. The quantitative estimate of drug-likeness (QED) is 0.473. The number of nitrogens with one attached hydrogen (secondary N) is 3. The first-order valence-electron chi connectivity index (χ1n) is 9.76. The van der Waals surface area contributed by atoms with E-state index < -0.39 is 0 Å². The molecule has 3 heterocycles. The van der Waals surface area contributed by atoms with Gasteiger partial charge in [0.05, 0.1) is 16.6 Å². The summed E-state index contributed by atoms with van der Waals surface area (Å²) in [6.45, 7) is 4.33. The van der Waals surface area contributed by atoms with Crippen molar-refractivity contribution < 1.29 is 4.79 Å². The van der Waals surface area contributed by atoms with Gasteiger partial charge in [0, 0.05) is 30.0 Å². The summed E-state index contributed by atoms with van der Waals surface area (Å²) >= 11 is 6.37. The zero-order chi connectivity index (χ0) is 21.3. The van der Waals surface area contributed by atoms with Crippen LogP contribution in [0.1, 0.15) is 37.2 Å². The lowest BCUT2D eigenvalue weighted by Gasteiger charge is -2.21. The fraction of sp³-hybridized carbons (Fsp3) is 0.350. The van der Waals surface area contributed by atoms with Gasteiger partial charge in [0.2, 0.25) is 17.8 Å². The maximum Gasteiger partial charge on any atom is 0.228 e. The summed E-state index contributed by atoms with van der Waals surface area (Å²) in [7, 11) is 0. The molecule has 10 heteroatoms. The highest BCUT2D eigenvalue weighted by Crippen LogP contribution is 2.31. The fourth-order valence-corrected chi connectivity index (χ4v) is 3.76. The lowest BCUT2D eigenvalue weighted by atomic mass is 10.1. The third kappa shape index (κ3) is 4.35. The number of fused-ring (bicyclic) bond motifs is 1. The molecule has 156 valence electrons. The van der Waals surface area contributed by atoms with E-state index in [1.54, 1.807) is 6.92 Å². The third-order valence-electron chi connectivity index (χ3n) is 5.00. The van der Waals surface area contributed by atoms with Crippen LogP contribution in [-0.4, -0.2) is 38.4 Å². The van der Waals surface area contributed by atoms with Gasteiger partial charge < -0.3 is 21.7 Å². The highest BCUT2D eigenvalue weighted by Gasteiger charge is 2.22. The molecule has 30 heavy (non-hydrogen) atoms. The number of nitrogen functional groups attached to an aromatic ring is 1. The van der Waals surface area contributed by atoms with E-state index in [1.807, 2.05) is 31.2 Å². The molecule has 0 aliphatic carbocycles. The SMILES string of the molecule is Cc1nc(N)nc(N[C@@H](C)c2cc3cccc(Cl)c3nc2NC[C@@H]2CCC(=O)N2)n1. The second-order valence-corrected chi connectivity index (χ2v) is 7.76. The molecule has 2 aromatic heterocycles. The molecule has 9 nitrogen and oxygen atoms in total. The highest BCUT2D eigenvalue weighted by atomic mass is 35.5. The Balaban J connectivity index is 1.65. The minimum atomic E-state index is -0.178. The normalized spacial score (nSPS) is 17.0. The molecule has 2 atom stereocenters. The maximum atomic E-state index is 11.5. The van der Waals surface area contributed by atoms with Crippen LogP contribution in [0.15, 0.2) is 24.3 Å². The molecule has 1 aliphatic rings. The predicted octanol–water partition coefficient (Wildman–Crippen LogP) is 2.83. The number of pyridine rings is 1. The van der Waals surface area contributed by atoms with Gasteiger partial charge in [-0.1, -0.05) is 23.7 Å². The monoisotopic (exact) mass is 426 g/mol. The van der Waals surface area contributed by atoms with Crippen molar-refractivity contribution in [3.8, 4) is 0 Å². The van der Waals surface area contributed by atoms with Crippen molar-refractivity contribution in [2.75, 3.05) is 22.9 Å². The molecule has 0 radical (unpaired) electrons. The molecule has 5 N–H and O–H groups in total. The number of carbonyl (C=O) groups is 1. The van der Waals surface area contributed by atoms with E-state index in [1.165, 1.54) is 0 Å². The predicted molar refractivity (Wildman–Crippen MR) is 117 cm³/mol. The standard InChI is InChI=1S/C20H23ClN8O/c1-10(24-20-26-11(2)25-19(22)29-20)14-8-12-4-3-5-15(21)17(12)28-18(14)23-9-13-6-7-16(30)27-13/h3-5,8,10,13H,6-7,9H2,1-2H3,(H,23,28)(H,27,30)(H3,22,24,25,26,29)/t10-,13-/m0/s1. The summed E-state index contributed by atoms with van der Waals surface area (Å²) in [5.41, 5.74) is 7.39. The number of amides is 1. The minimum absolute atomic E-state index is 0.0725. The van der Waals surface area contributed by atoms with Crippen LogP contribution in [0.25, 0.3) is 10.9 Å². The van der Waals surface area contributed by atoms with Gasteiger partial charge in [0.25, 0.3) is 0 Å². The summed E-state index contributed by atoms with van der Waals surface area (Å²) < 4.78 is 0. The van der Waals surface area contributed by atoms with E-state index in [2.05, 4.69) is 30.9 Å². The molecule has 1 aromatic carbocycles. The number of aryl methyl sites for hydroxylation is 1. The Morgan fingerprint density at radius 3 is 2.87 bits per heavy atom. The van der Waals surface area contributed by atoms with Gasteiger partial charge in [-0.15, -0.1) is 0 Å². The molecule has 0 bridgehead atoms. The van der Waals surface area contributed by atoms with E-state index >= 15 is 0 Å². The highest BCUT2D eigenvalue weighted by molar-refractivity contribution is 6.35. The Morgan fingerprint density at radius 2 is 2.13 bits per heavy atom. The number of rotatable bonds is 6. The topological polar surface area (TPSA) is 131 Å².